The van der Waals surface area contributed by atoms with E-state index in [-0.39, 0.29) is 12.3 Å². The molecular formula is C18H18ClNO3S2. The highest BCUT2D eigenvalue weighted by Gasteiger charge is 2.31. The number of carboxylic acid groups (broad SMARTS) is 1. The van der Waals surface area contributed by atoms with Gasteiger partial charge in [0, 0.05) is 18.0 Å². The molecule has 1 heterocycles. The zero-order valence-corrected chi connectivity index (χ0v) is 15.9. The Hall–Kier alpha value is -1.63. The van der Waals surface area contributed by atoms with Crippen LogP contribution in [0.25, 0.3) is 6.08 Å². The molecule has 0 bridgehead atoms. The van der Waals surface area contributed by atoms with Crippen molar-refractivity contribution in [2.45, 2.75) is 25.7 Å². The fraction of sp³-hybridized carbons (Fsp3) is 0.278. The minimum Gasteiger partial charge on any atom is -0.481 e. The molecule has 2 rings (SSSR count). The number of thioether (sulfide) groups is 1. The normalized spacial score (nSPS) is 16.8. The van der Waals surface area contributed by atoms with Crippen LogP contribution in [0, 0.1) is 0 Å². The van der Waals surface area contributed by atoms with Crippen molar-refractivity contribution < 1.29 is 14.7 Å². The van der Waals surface area contributed by atoms with Crippen LogP contribution in [0.15, 0.2) is 46.3 Å². The van der Waals surface area contributed by atoms with Crippen LogP contribution in [-0.4, -0.2) is 32.7 Å². The Kier molecular flexibility index (Phi) is 7.68. The van der Waals surface area contributed by atoms with Gasteiger partial charge in [-0.2, -0.15) is 0 Å². The molecule has 1 aliphatic heterocycles. The van der Waals surface area contributed by atoms with Gasteiger partial charge in [-0.15, -0.1) is 0 Å². The zero-order chi connectivity index (χ0) is 18.2. The standard InChI is InChI=1S/C18H18ClNO3S2/c19-14(11-13-7-3-1-4-8-13)12-15-17(23)20(18(24)25-15)10-6-2-5-9-16(21)22/h1,3-4,7-8,11-12H,2,5-6,9-10H2,(H,21,22)/b14-11-,15-12-. The van der Waals surface area contributed by atoms with Gasteiger partial charge in [0.2, 0.25) is 0 Å². The summed E-state index contributed by atoms with van der Waals surface area (Å²) in [5.74, 6) is -0.943. The molecule has 1 amide bonds. The lowest BCUT2D eigenvalue weighted by Gasteiger charge is -2.13. The van der Waals surface area contributed by atoms with Crippen LogP contribution in [-0.2, 0) is 9.59 Å². The van der Waals surface area contributed by atoms with Crippen LogP contribution in [0.3, 0.4) is 0 Å². The van der Waals surface area contributed by atoms with Crippen molar-refractivity contribution in [2.24, 2.45) is 0 Å². The fourth-order valence-electron chi connectivity index (χ4n) is 2.29. The highest BCUT2D eigenvalue weighted by Crippen LogP contribution is 2.33. The third-order valence-corrected chi connectivity index (χ3v) is 5.12. The number of halogens is 1. The van der Waals surface area contributed by atoms with Crippen LogP contribution in [0.5, 0.6) is 0 Å². The van der Waals surface area contributed by atoms with Gasteiger partial charge in [0.05, 0.1) is 4.91 Å². The van der Waals surface area contributed by atoms with E-state index in [1.54, 1.807) is 17.1 Å². The number of hydrogen-bond donors (Lipinski definition) is 1. The topological polar surface area (TPSA) is 57.6 Å². The van der Waals surface area contributed by atoms with Crippen LogP contribution in [0.2, 0.25) is 0 Å². The van der Waals surface area contributed by atoms with Gasteiger partial charge in [0.15, 0.2) is 0 Å². The number of unbranched alkanes of at least 4 members (excludes halogenated alkanes) is 2. The smallest absolute Gasteiger partial charge is 0.303 e. The summed E-state index contributed by atoms with van der Waals surface area (Å²) >= 11 is 12.7. The molecule has 1 aromatic rings. The first-order valence-corrected chi connectivity index (χ1v) is 9.47. The lowest BCUT2D eigenvalue weighted by molar-refractivity contribution is -0.137. The maximum absolute atomic E-state index is 12.4. The first-order valence-electron chi connectivity index (χ1n) is 7.87. The minimum atomic E-state index is -0.798. The Balaban J connectivity index is 1.93. The molecule has 132 valence electrons. The second kappa shape index (κ2) is 9.75. The van der Waals surface area contributed by atoms with Crippen molar-refractivity contribution in [1.29, 1.82) is 0 Å². The maximum Gasteiger partial charge on any atom is 0.303 e. The molecule has 1 N–H and O–H groups in total. The van der Waals surface area contributed by atoms with Gasteiger partial charge in [-0.3, -0.25) is 14.5 Å². The number of hydrogen-bond acceptors (Lipinski definition) is 4. The third-order valence-electron chi connectivity index (χ3n) is 3.52. The molecule has 0 atom stereocenters. The van der Waals surface area contributed by atoms with Crippen LogP contribution >= 0.6 is 35.6 Å². The van der Waals surface area contributed by atoms with Gasteiger partial charge < -0.3 is 5.11 Å². The summed E-state index contributed by atoms with van der Waals surface area (Å²) in [7, 11) is 0. The Morgan fingerprint density at radius 2 is 1.96 bits per heavy atom. The monoisotopic (exact) mass is 395 g/mol. The number of rotatable bonds is 8. The molecule has 0 saturated carbocycles. The predicted octanol–water partition coefficient (Wildman–Crippen LogP) is 4.66. The summed E-state index contributed by atoms with van der Waals surface area (Å²) in [4.78, 5) is 25.0. The van der Waals surface area contributed by atoms with Gasteiger partial charge in [-0.05, 0) is 30.6 Å². The Bertz CT molecular complexity index is 716. The molecule has 0 aliphatic carbocycles. The van der Waals surface area contributed by atoms with Crippen molar-refractivity contribution in [2.75, 3.05) is 6.54 Å². The van der Waals surface area contributed by atoms with Crippen molar-refractivity contribution in [3.63, 3.8) is 0 Å². The van der Waals surface area contributed by atoms with E-state index in [0.29, 0.717) is 27.2 Å². The molecule has 0 spiro atoms. The van der Waals surface area contributed by atoms with Gasteiger partial charge >= 0.3 is 5.97 Å². The minimum absolute atomic E-state index is 0.146. The van der Waals surface area contributed by atoms with E-state index in [1.807, 2.05) is 30.3 Å². The molecule has 7 heteroatoms. The summed E-state index contributed by atoms with van der Waals surface area (Å²) < 4.78 is 0.513. The van der Waals surface area contributed by atoms with Gasteiger partial charge in [-0.1, -0.05) is 72.3 Å². The number of carbonyl (C=O) groups excluding carboxylic acids is 1. The Morgan fingerprint density at radius 1 is 1.24 bits per heavy atom. The molecule has 1 fully saturated rings. The van der Waals surface area contributed by atoms with E-state index in [2.05, 4.69) is 0 Å². The molecule has 0 radical (unpaired) electrons. The van der Waals surface area contributed by atoms with Crippen LogP contribution in [0.1, 0.15) is 31.2 Å². The first-order chi connectivity index (χ1) is 12.0. The SMILES string of the molecule is O=C(O)CCCCCN1C(=O)/C(=C/C(Cl)=C/c2ccccc2)SC1=S. The van der Waals surface area contributed by atoms with Gasteiger partial charge in [0.25, 0.3) is 5.91 Å². The number of allylic oxidation sites excluding steroid dienone is 2. The molecular weight excluding hydrogens is 378 g/mol. The highest BCUT2D eigenvalue weighted by atomic mass is 35.5. The number of carboxylic acids is 1. The van der Waals surface area contributed by atoms with Gasteiger partial charge in [-0.25, -0.2) is 0 Å². The fourth-order valence-corrected chi connectivity index (χ4v) is 3.89. The van der Waals surface area contributed by atoms with Gasteiger partial charge in [0.1, 0.15) is 4.32 Å². The maximum atomic E-state index is 12.4. The summed E-state index contributed by atoms with van der Waals surface area (Å²) in [5, 5.41) is 9.08. The van der Waals surface area contributed by atoms with E-state index < -0.39 is 5.97 Å². The van der Waals surface area contributed by atoms with Crippen LogP contribution in [0.4, 0.5) is 0 Å². The van der Waals surface area contributed by atoms with Crippen LogP contribution < -0.4 is 0 Å². The largest absolute Gasteiger partial charge is 0.481 e. The number of amides is 1. The number of aliphatic carboxylic acids is 1. The lowest BCUT2D eigenvalue weighted by Crippen LogP contribution is -2.29. The molecule has 0 aromatic heterocycles. The summed E-state index contributed by atoms with van der Waals surface area (Å²) in [6.45, 7) is 0.502. The average Bonchev–Trinajstić information content (AvgIpc) is 2.82. The quantitative estimate of drug-likeness (QED) is 0.394. The Labute approximate surface area is 161 Å². The van der Waals surface area contributed by atoms with E-state index in [0.717, 1.165) is 18.4 Å². The molecule has 1 aromatic carbocycles. The predicted molar refractivity (Wildman–Crippen MR) is 106 cm³/mol. The second-order valence-corrected chi connectivity index (χ2v) is 7.59. The highest BCUT2D eigenvalue weighted by molar-refractivity contribution is 8.26. The summed E-state index contributed by atoms with van der Waals surface area (Å²) in [6.07, 6.45) is 5.65. The first kappa shape index (κ1) is 19.7. The molecule has 4 nitrogen and oxygen atoms in total. The number of nitrogens with zero attached hydrogens (tertiary/aromatic N) is 1. The molecule has 25 heavy (non-hydrogen) atoms. The van der Waals surface area contributed by atoms with E-state index >= 15 is 0 Å². The third kappa shape index (κ3) is 6.30. The molecule has 0 unspecified atom stereocenters. The molecule has 1 saturated heterocycles. The lowest BCUT2D eigenvalue weighted by atomic mass is 10.2. The second-order valence-electron chi connectivity index (χ2n) is 5.48. The number of benzene rings is 1. The van der Waals surface area contributed by atoms with E-state index in [9.17, 15) is 9.59 Å². The summed E-state index contributed by atoms with van der Waals surface area (Å²) in [6, 6.07) is 9.61. The number of thiocarbonyl (C=S) groups is 1. The van der Waals surface area contributed by atoms with Crippen molar-refractivity contribution in [3.05, 3.63) is 51.9 Å². The van der Waals surface area contributed by atoms with Crippen molar-refractivity contribution >= 4 is 57.9 Å². The van der Waals surface area contributed by atoms with E-state index in [4.69, 9.17) is 28.9 Å². The van der Waals surface area contributed by atoms with E-state index in [1.165, 1.54) is 11.8 Å². The zero-order valence-electron chi connectivity index (χ0n) is 13.5. The molecule has 1 aliphatic rings. The summed E-state index contributed by atoms with van der Waals surface area (Å²) in [5.41, 5.74) is 0.956. The van der Waals surface area contributed by atoms with Crippen molar-refractivity contribution in [3.8, 4) is 0 Å². The Morgan fingerprint density at radius 3 is 2.64 bits per heavy atom. The number of carbonyl (C=O) groups is 2. The van der Waals surface area contributed by atoms with Crippen molar-refractivity contribution in [1.82, 2.24) is 4.90 Å². The average molecular weight is 396 g/mol.